The van der Waals surface area contributed by atoms with E-state index in [1.54, 1.807) is 48.2 Å². The molecule has 5 heterocycles. The molecule has 4 aromatic rings. The van der Waals surface area contributed by atoms with Crippen molar-refractivity contribution in [3.63, 3.8) is 0 Å². The minimum absolute atomic E-state index is 0.163. The van der Waals surface area contributed by atoms with E-state index in [1.165, 1.54) is 27.0 Å². The first-order valence-electron chi connectivity index (χ1n) is 9.95. The second-order valence-electron chi connectivity index (χ2n) is 7.25. The molecular formula is C21H19N3O5S3. The Bertz CT molecular complexity index is 1230. The van der Waals surface area contributed by atoms with Gasteiger partial charge in [0.05, 0.1) is 12.5 Å². The monoisotopic (exact) mass is 489 g/mol. The van der Waals surface area contributed by atoms with Crippen molar-refractivity contribution in [2.24, 2.45) is 5.92 Å². The van der Waals surface area contributed by atoms with Crippen LogP contribution in [-0.2, 0) is 14.8 Å². The smallest absolute Gasteiger partial charge is 0.252 e. The molecule has 0 aromatic carbocycles. The molecule has 4 aromatic heterocycles. The molecule has 0 radical (unpaired) electrons. The fourth-order valence-corrected chi connectivity index (χ4v) is 7.19. The number of piperidine rings is 1. The van der Waals surface area contributed by atoms with Crippen molar-refractivity contribution < 1.29 is 22.0 Å². The summed E-state index contributed by atoms with van der Waals surface area (Å²) in [4.78, 5) is 18.2. The lowest BCUT2D eigenvalue weighted by Gasteiger charge is -2.29. The summed E-state index contributed by atoms with van der Waals surface area (Å²) in [6.07, 6.45) is 4.06. The zero-order valence-corrected chi connectivity index (χ0v) is 19.2. The van der Waals surface area contributed by atoms with Crippen LogP contribution in [0.1, 0.15) is 12.8 Å². The SMILES string of the molecule is O=C(Nc1nc(-c2ccco2)c(-c2ccco2)s1)C1CCN(S(=O)(=O)c2cccs2)CC1. The summed E-state index contributed by atoms with van der Waals surface area (Å²) < 4.78 is 38.2. The first-order chi connectivity index (χ1) is 15.5. The summed E-state index contributed by atoms with van der Waals surface area (Å²) in [5.74, 6) is 0.776. The van der Waals surface area contributed by atoms with E-state index in [4.69, 9.17) is 8.83 Å². The van der Waals surface area contributed by atoms with Crippen molar-refractivity contribution in [1.29, 1.82) is 0 Å². The number of nitrogens with zero attached hydrogens (tertiary/aromatic N) is 2. The lowest BCUT2D eigenvalue weighted by Crippen LogP contribution is -2.41. The summed E-state index contributed by atoms with van der Waals surface area (Å²) in [5, 5.41) is 5.09. The largest absolute Gasteiger partial charge is 0.463 e. The molecule has 11 heteroatoms. The molecule has 0 aliphatic carbocycles. The minimum atomic E-state index is -3.49. The molecule has 32 heavy (non-hydrogen) atoms. The van der Waals surface area contributed by atoms with E-state index in [0.717, 1.165) is 4.88 Å². The standard InChI is InChI=1S/C21H19N3O5S3/c25-20(14-7-9-24(10-8-14)32(26,27)17-6-3-13-30-17)23-21-22-18(15-4-1-11-28-15)19(31-21)16-5-2-12-29-16/h1-6,11-14H,7-10H2,(H,22,23,25). The van der Waals surface area contributed by atoms with Gasteiger partial charge in [0.25, 0.3) is 10.0 Å². The first kappa shape index (κ1) is 21.1. The van der Waals surface area contributed by atoms with Gasteiger partial charge in [-0.05, 0) is 48.6 Å². The molecule has 1 amide bonds. The Morgan fingerprint density at radius 1 is 1.06 bits per heavy atom. The van der Waals surface area contributed by atoms with Crippen molar-refractivity contribution in [3.8, 4) is 22.1 Å². The number of hydrogen-bond acceptors (Lipinski definition) is 8. The van der Waals surface area contributed by atoms with E-state index in [-0.39, 0.29) is 11.8 Å². The Hall–Kier alpha value is -2.73. The van der Waals surface area contributed by atoms with Crippen LogP contribution in [0.5, 0.6) is 0 Å². The number of nitrogens with one attached hydrogen (secondary N) is 1. The molecular weight excluding hydrogens is 470 g/mol. The second-order valence-corrected chi connectivity index (χ2v) is 11.4. The molecule has 1 aliphatic rings. The maximum Gasteiger partial charge on any atom is 0.252 e. The van der Waals surface area contributed by atoms with E-state index < -0.39 is 10.0 Å². The number of thiazole rings is 1. The number of anilines is 1. The predicted molar refractivity (Wildman–Crippen MR) is 122 cm³/mol. The summed E-state index contributed by atoms with van der Waals surface area (Å²) in [7, 11) is -3.49. The van der Waals surface area contributed by atoms with Crippen LogP contribution in [0.15, 0.2) is 67.3 Å². The number of aromatic nitrogens is 1. The zero-order valence-electron chi connectivity index (χ0n) is 16.8. The molecule has 8 nitrogen and oxygen atoms in total. The third kappa shape index (κ3) is 4.04. The average molecular weight is 490 g/mol. The highest BCUT2D eigenvalue weighted by molar-refractivity contribution is 7.91. The van der Waals surface area contributed by atoms with Crippen molar-refractivity contribution in [2.45, 2.75) is 17.1 Å². The third-order valence-electron chi connectivity index (χ3n) is 5.27. The number of furan rings is 2. The first-order valence-corrected chi connectivity index (χ1v) is 13.1. The average Bonchev–Trinajstić information content (AvgIpc) is 3.60. The van der Waals surface area contributed by atoms with Gasteiger partial charge < -0.3 is 14.2 Å². The number of carbonyl (C=O) groups excluding carboxylic acids is 1. The van der Waals surface area contributed by atoms with Crippen molar-refractivity contribution in [2.75, 3.05) is 18.4 Å². The summed E-state index contributed by atoms with van der Waals surface area (Å²) >= 11 is 2.51. The van der Waals surface area contributed by atoms with E-state index in [2.05, 4.69) is 10.3 Å². The maximum absolute atomic E-state index is 12.9. The highest BCUT2D eigenvalue weighted by Crippen LogP contribution is 2.39. The van der Waals surface area contributed by atoms with E-state index in [1.807, 2.05) is 6.07 Å². The van der Waals surface area contributed by atoms with Crippen LogP contribution in [0, 0.1) is 5.92 Å². The predicted octanol–water partition coefficient (Wildman–Crippen LogP) is 4.76. The van der Waals surface area contributed by atoms with Gasteiger partial charge in [0.2, 0.25) is 5.91 Å². The van der Waals surface area contributed by atoms with Gasteiger partial charge in [0.15, 0.2) is 10.9 Å². The fourth-order valence-electron chi connectivity index (χ4n) is 3.63. The molecule has 166 valence electrons. The topological polar surface area (TPSA) is 106 Å². The zero-order chi connectivity index (χ0) is 22.1. The van der Waals surface area contributed by atoms with E-state index in [0.29, 0.717) is 52.5 Å². The van der Waals surface area contributed by atoms with Gasteiger partial charge in [0, 0.05) is 19.0 Å². The molecule has 0 atom stereocenters. The van der Waals surface area contributed by atoms with Crippen LogP contribution in [0.2, 0.25) is 0 Å². The van der Waals surface area contributed by atoms with Gasteiger partial charge in [-0.2, -0.15) is 4.31 Å². The van der Waals surface area contributed by atoms with Gasteiger partial charge in [-0.1, -0.05) is 17.4 Å². The van der Waals surface area contributed by atoms with Crippen molar-refractivity contribution in [3.05, 3.63) is 54.3 Å². The number of sulfonamides is 1. The molecule has 0 saturated carbocycles. The van der Waals surface area contributed by atoms with Crippen LogP contribution in [0.3, 0.4) is 0 Å². The molecule has 5 rings (SSSR count). The van der Waals surface area contributed by atoms with Crippen LogP contribution < -0.4 is 5.32 Å². The van der Waals surface area contributed by atoms with Crippen molar-refractivity contribution in [1.82, 2.24) is 9.29 Å². The fraction of sp³-hybridized carbons (Fsp3) is 0.238. The van der Waals surface area contributed by atoms with Gasteiger partial charge in [-0.3, -0.25) is 4.79 Å². The van der Waals surface area contributed by atoms with Gasteiger partial charge in [-0.25, -0.2) is 13.4 Å². The molecule has 0 unspecified atom stereocenters. The summed E-state index contributed by atoms with van der Waals surface area (Å²) in [6.45, 7) is 0.622. The van der Waals surface area contributed by atoms with Crippen LogP contribution in [0.4, 0.5) is 5.13 Å². The third-order valence-corrected chi connectivity index (χ3v) is 9.53. The number of amides is 1. The lowest BCUT2D eigenvalue weighted by atomic mass is 9.97. The Morgan fingerprint density at radius 2 is 1.78 bits per heavy atom. The highest BCUT2D eigenvalue weighted by Gasteiger charge is 2.33. The van der Waals surface area contributed by atoms with Gasteiger partial charge in [-0.15, -0.1) is 11.3 Å². The summed E-state index contributed by atoms with van der Waals surface area (Å²) in [5.41, 5.74) is 0.599. The molecule has 1 saturated heterocycles. The normalized spacial score (nSPS) is 15.8. The van der Waals surface area contributed by atoms with Crippen LogP contribution >= 0.6 is 22.7 Å². The van der Waals surface area contributed by atoms with Crippen LogP contribution in [-0.4, -0.2) is 36.7 Å². The minimum Gasteiger partial charge on any atom is -0.463 e. The highest BCUT2D eigenvalue weighted by atomic mass is 32.2. The number of hydrogen-bond donors (Lipinski definition) is 1. The Morgan fingerprint density at radius 3 is 2.41 bits per heavy atom. The maximum atomic E-state index is 12.9. The van der Waals surface area contributed by atoms with Gasteiger partial charge >= 0.3 is 0 Å². The number of carbonyl (C=O) groups is 1. The molecule has 1 fully saturated rings. The van der Waals surface area contributed by atoms with Gasteiger partial charge in [0.1, 0.15) is 20.5 Å². The number of thiophene rings is 1. The number of rotatable bonds is 6. The van der Waals surface area contributed by atoms with E-state index in [9.17, 15) is 13.2 Å². The lowest BCUT2D eigenvalue weighted by molar-refractivity contribution is -0.120. The van der Waals surface area contributed by atoms with Crippen LogP contribution in [0.25, 0.3) is 22.1 Å². The molecule has 1 N–H and O–H groups in total. The molecule has 0 spiro atoms. The van der Waals surface area contributed by atoms with Crippen molar-refractivity contribution >= 4 is 43.7 Å². The molecule has 0 bridgehead atoms. The Balaban J connectivity index is 1.29. The van der Waals surface area contributed by atoms with E-state index >= 15 is 0 Å². The quantitative estimate of drug-likeness (QED) is 0.418. The molecule has 1 aliphatic heterocycles. The Labute approximate surface area is 192 Å². The Kier molecular flexibility index (Phi) is 5.72. The second kappa shape index (κ2) is 8.66. The summed E-state index contributed by atoms with van der Waals surface area (Å²) in [6, 6.07) is 10.5.